The Morgan fingerprint density at radius 2 is 1.77 bits per heavy atom. The van der Waals surface area contributed by atoms with Crippen LogP contribution in [0.2, 0.25) is 0 Å². The molecule has 3 nitrogen and oxygen atoms in total. The van der Waals surface area contributed by atoms with Crippen molar-refractivity contribution < 1.29 is 0 Å². The summed E-state index contributed by atoms with van der Waals surface area (Å²) in [5.74, 6) is 1.03. The quantitative estimate of drug-likeness (QED) is 0.778. The Morgan fingerprint density at radius 1 is 1.05 bits per heavy atom. The van der Waals surface area contributed by atoms with Crippen molar-refractivity contribution in [2.24, 2.45) is 7.05 Å². The zero-order valence-corrected chi connectivity index (χ0v) is 13.0. The number of imidazole rings is 1. The molecule has 1 aromatic heterocycles. The first-order valence-electron chi connectivity index (χ1n) is 7.56. The van der Waals surface area contributed by atoms with Crippen LogP contribution in [-0.2, 0) is 13.6 Å². The van der Waals surface area contributed by atoms with Crippen LogP contribution in [0.3, 0.4) is 0 Å². The van der Waals surface area contributed by atoms with E-state index in [9.17, 15) is 0 Å². The van der Waals surface area contributed by atoms with Crippen molar-refractivity contribution in [3.63, 3.8) is 0 Å². The summed E-state index contributed by atoms with van der Waals surface area (Å²) in [6.45, 7) is 2.97. The summed E-state index contributed by atoms with van der Waals surface area (Å²) in [7, 11) is 2.04. The fraction of sp³-hybridized carbons (Fsp3) is 0.211. The van der Waals surface area contributed by atoms with Gasteiger partial charge in [-0.25, -0.2) is 4.98 Å². The molecule has 0 unspecified atom stereocenters. The third-order valence-corrected chi connectivity index (χ3v) is 4.01. The van der Waals surface area contributed by atoms with Crippen LogP contribution in [0, 0.1) is 6.92 Å². The van der Waals surface area contributed by atoms with Crippen LogP contribution in [0.25, 0.3) is 0 Å². The lowest BCUT2D eigenvalue weighted by Crippen LogP contribution is -2.25. The standard InChI is InChI=1S/C19H21N3/c1-15-8-6-7-11-17(15)14-21-18(16-9-4-3-5-10-16)19-20-12-13-22(19)2/h3-13,18,21H,14H2,1-2H3/t18-/m0/s1. The molecule has 0 aliphatic rings. The van der Waals surface area contributed by atoms with E-state index in [0.29, 0.717) is 0 Å². The molecule has 0 aliphatic carbocycles. The maximum absolute atomic E-state index is 4.53. The SMILES string of the molecule is Cc1ccccc1CN[C@@H](c1ccccc1)c1nccn1C. The van der Waals surface area contributed by atoms with E-state index in [1.54, 1.807) is 0 Å². The summed E-state index contributed by atoms with van der Waals surface area (Å²) in [6, 6.07) is 19.0. The number of nitrogens with zero attached hydrogens (tertiary/aromatic N) is 2. The number of rotatable bonds is 5. The number of hydrogen-bond acceptors (Lipinski definition) is 2. The van der Waals surface area contributed by atoms with Gasteiger partial charge in [0.2, 0.25) is 0 Å². The van der Waals surface area contributed by atoms with Crippen molar-refractivity contribution in [3.05, 3.63) is 89.5 Å². The number of aryl methyl sites for hydroxylation is 2. The van der Waals surface area contributed by atoms with Gasteiger partial charge in [0.1, 0.15) is 5.82 Å². The molecule has 1 heterocycles. The highest BCUT2D eigenvalue weighted by Gasteiger charge is 2.17. The number of benzene rings is 2. The second kappa shape index (κ2) is 6.58. The molecule has 2 aromatic carbocycles. The zero-order valence-electron chi connectivity index (χ0n) is 13.0. The maximum Gasteiger partial charge on any atom is 0.130 e. The first-order chi connectivity index (χ1) is 10.8. The van der Waals surface area contributed by atoms with Gasteiger partial charge in [-0.15, -0.1) is 0 Å². The summed E-state index contributed by atoms with van der Waals surface area (Å²) in [5.41, 5.74) is 3.85. The Balaban J connectivity index is 1.87. The van der Waals surface area contributed by atoms with Crippen molar-refractivity contribution in [2.75, 3.05) is 0 Å². The van der Waals surface area contributed by atoms with Crippen LogP contribution in [0.1, 0.15) is 28.6 Å². The minimum absolute atomic E-state index is 0.0841. The van der Waals surface area contributed by atoms with Crippen LogP contribution in [0.5, 0.6) is 0 Å². The van der Waals surface area contributed by atoms with Gasteiger partial charge < -0.3 is 4.57 Å². The highest BCUT2D eigenvalue weighted by Crippen LogP contribution is 2.21. The van der Waals surface area contributed by atoms with Crippen molar-refractivity contribution in [3.8, 4) is 0 Å². The second-order valence-electron chi connectivity index (χ2n) is 5.55. The summed E-state index contributed by atoms with van der Waals surface area (Å²) >= 11 is 0. The highest BCUT2D eigenvalue weighted by atomic mass is 15.1. The maximum atomic E-state index is 4.53. The van der Waals surface area contributed by atoms with Crippen LogP contribution < -0.4 is 5.32 Å². The molecule has 22 heavy (non-hydrogen) atoms. The van der Waals surface area contributed by atoms with Gasteiger partial charge in [-0.2, -0.15) is 0 Å². The van der Waals surface area contributed by atoms with Crippen molar-refractivity contribution in [2.45, 2.75) is 19.5 Å². The lowest BCUT2D eigenvalue weighted by Gasteiger charge is -2.20. The molecule has 0 bridgehead atoms. The molecule has 0 radical (unpaired) electrons. The van der Waals surface area contributed by atoms with E-state index < -0.39 is 0 Å². The Bertz CT molecular complexity index is 731. The van der Waals surface area contributed by atoms with E-state index >= 15 is 0 Å². The Labute approximate surface area is 131 Å². The smallest absolute Gasteiger partial charge is 0.130 e. The summed E-state index contributed by atoms with van der Waals surface area (Å²) in [4.78, 5) is 4.53. The van der Waals surface area contributed by atoms with E-state index in [2.05, 4.69) is 70.3 Å². The fourth-order valence-corrected chi connectivity index (χ4v) is 2.68. The lowest BCUT2D eigenvalue weighted by molar-refractivity contribution is 0.557. The number of hydrogen-bond donors (Lipinski definition) is 1. The van der Waals surface area contributed by atoms with Crippen molar-refractivity contribution in [1.29, 1.82) is 0 Å². The number of aromatic nitrogens is 2. The van der Waals surface area contributed by atoms with Crippen LogP contribution in [0.15, 0.2) is 67.0 Å². The molecule has 3 heteroatoms. The average molecular weight is 291 g/mol. The van der Waals surface area contributed by atoms with Gasteiger partial charge in [0.15, 0.2) is 0 Å². The Kier molecular flexibility index (Phi) is 4.35. The second-order valence-corrected chi connectivity index (χ2v) is 5.55. The molecular weight excluding hydrogens is 270 g/mol. The van der Waals surface area contributed by atoms with Gasteiger partial charge >= 0.3 is 0 Å². The fourth-order valence-electron chi connectivity index (χ4n) is 2.68. The zero-order chi connectivity index (χ0) is 15.4. The van der Waals surface area contributed by atoms with E-state index in [4.69, 9.17) is 0 Å². The molecule has 1 N–H and O–H groups in total. The first kappa shape index (κ1) is 14.5. The summed E-state index contributed by atoms with van der Waals surface area (Å²) in [5, 5.41) is 3.65. The van der Waals surface area contributed by atoms with Crippen LogP contribution >= 0.6 is 0 Å². The van der Waals surface area contributed by atoms with Crippen molar-refractivity contribution in [1.82, 2.24) is 14.9 Å². The molecular formula is C19H21N3. The Morgan fingerprint density at radius 3 is 2.45 bits per heavy atom. The van der Waals surface area contributed by atoms with Gasteiger partial charge in [0.05, 0.1) is 6.04 Å². The first-order valence-corrected chi connectivity index (χ1v) is 7.56. The van der Waals surface area contributed by atoms with Crippen molar-refractivity contribution >= 4 is 0 Å². The highest BCUT2D eigenvalue weighted by molar-refractivity contribution is 5.28. The third-order valence-electron chi connectivity index (χ3n) is 4.01. The van der Waals surface area contributed by atoms with Gasteiger partial charge in [0.25, 0.3) is 0 Å². The molecule has 1 atom stereocenters. The molecule has 0 amide bonds. The van der Waals surface area contributed by atoms with Gasteiger partial charge in [-0.3, -0.25) is 5.32 Å². The molecule has 112 valence electrons. The molecule has 0 spiro atoms. The monoisotopic (exact) mass is 291 g/mol. The predicted octanol–water partition coefficient (Wildman–Crippen LogP) is 3.61. The molecule has 0 fully saturated rings. The minimum atomic E-state index is 0.0841. The van der Waals surface area contributed by atoms with Crippen LogP contribution in [-0.4, -0.2) is 9.55 Å². The topological polar surface area (TPSA) is 29.9 Å². The van der Waals surface area contributed by atoms with Gasteiger partial charge in [0, 0.05) is 26.0 Å². The average Bonchev–Trinajstić information content (AvgIpc) is 2.96. The molecule has 3 rings (SSSR count). The van der Waals surface area contributed by atoms with Gasteiger partial charge in [-0.05, 0) is 23.6 Å². The van der Waals surface area contributed by atoms with E-state index in [0.717, 1.165) is 12.4 Å². The molecule has 0 saturated carbocycles. The predicted molar refractivity (Wildman–Crippen MR) is 89.5 cm³/mol. The van der Waals surface area contributed by atoms with E-state index in [1.165, 1.54) is 16.7 Å². The van der Waals surface area contributed by atoms with E-state index in [1.807, 2.05) is 25.5 Å². The molecule has 0 aliphatic heterocycles. The van der Waals surface area contributed by atoms with E-state index in [-0.39, 0.29) is 6.04 Å². The lowest BCUT2D eigenvalue weighted by atomic mass is 10.0. The minimum Gasteiger partial charge on any atom is -0.336 e. The summed E-state index contributed by atoms with van der Waals surface area (Å²) in [6.07, 6.45) is 3.83. The third kappa shape index (κ3) is 3.10. The number of nitrogens with one attached hydrogen (secondary N) is 1. The van der Waals surface area contributed by atoms with Crippen LogP contribution in [0.4, 0.5) is 0 Å². The normalized spacial score (nSPS) is 12.3. The Hall–Kier alpha value is -2.39. The summed E-state index contributed by atoms with van der Waals surface area (Å²) < 4.78 is 2.07. The largest absolute Gasteiger partial charge is 0.336 e. The molecule has 0 saturated heterocycles. The molecule has 3 aromatic rings. The van der Waals surface area contributed by atoms with Gasteiger partial charge in [-0.1, -0.05) is 54.6 Å².